The number of aryl methyl sites for hydroxylation is 2. The topological polar surface area (TPSA) is 88.8 Å². The van der Waals surface area contributed by atoms with Crippen LogP contribution in [0.4, 0.5) is 4.39 Å². The molecule has 0 saturated heterocycles. The second kappa shape index (κ2) is 5.77. The Bertz CT molecular complexity index is 1220. The molecule has 0 aliphatic rings. The van der Waals surface area contributed by atoms with Crippen LogP contribution in [0.25, 0.3) is 22.2 Å². The number of nitrogens with one attached hydrogen (secondary N) is 1. The molecular formula is C18H14FN3O3S. The molecule has 0 bridgehead atoms. The number of fused-ring (bicyclic) bond motifs is 1. The normalized spacial score (nSPS) is 12.0. The van der Waals surface area contributed by atoms with Crippen molar-refractivity contribution in [3.05, 3.63) is 60.0 Å². The van der Waals surface area contributed by atoms with Gasteiger partial charge in [-0.3, -0.25) is 0 Å². The van der Waals surface area contributed by atoms with Crippen molar-refractivity contribution in [1.82, 2.24) is 15.1 Å². The molecule has 0 spiro atoms. The largest absolute Gasteiger partial charge is 0.361 e. The van der Waals surface area contributed by atoms with Crippen molar-refractivity contribution in [1.29, 1.82) is 0 Å². The van der Waals surface area contributed by atoms with Gasteiger partial charge in [0.05, 0.1) is 15.5 Å². The summed E-state index contributed by atoms with van der Waals surface area (Å²) in [5.41, 5.74) is 2.59. The van der Waals surface area contributed by atoms with Gasteiger partial charge in [-0.05, 0) is 38.1 Å². The summed E-state index contributed by atoms with van der Waals surface area (Å²) >= 11 is 0. The monoisotopic (exact) mass is 371 g/mol. The standard InChI is InChI=1S/C18H14FN3O3S/c1-10-17(11(2)25-22-10)12-6-15-16(9-21-18(15)20-8-12)26(23,24)14-5-3-4-13(19)7-14/h3-9H,1-2H3,(H,20,21). The Balaban J connectivity index is 1.93. The van der Waals surface area contributed by atoms with Crippen LogP contribution in [0.2, 0.25) is 0 Å². The van der Waals surface area contributed by atoms with E-state index in [4.69, 9.17) is 4.52 Å². The van der Waals surface area contributed by atoms with Crippen LogP contribution in [-0.2, 0) is 9.84 Å². The Kier molecular flexibility index (Phi) is 3.66. The summed E-state index contributed by atoms with van der Waals surface area (Å²) < 4.78 is 44.6. The van der Waals surface area contributed by atoms with Gasteiger partial charge in [-0.1, -0.05) is 11.2 Å². The fourth-order valence-electron chi connectivity index (χ4n) is 2.99. The van der Waals surface area contributed by atoms with Crippen LogP contribution in [-0.4, -0.2) is 23.5 Å². The number of pyridine rings is 1. The summed E-state index contributed by atoms with van der Waals surface area (Å²) in [7, 11) is -3.90. The van der Waals surface area contributed by atoms with Crippen molar-refractivity contribution in [2.24, 2.45) is 0 Å². The van der Waals surface area contributed by atoms with Gasteiger partial charge in [-0.2, -0.15) is 0 Å². The third-order valence-corrected chi connectivity index (χ3v) is 6.00. The molecule has 0 saturated carbocycles. The maximum Gasteiger partial charge on any atom is 0.208 e. The molecule has 1 aromatic carbocycles. The molecule has 0 aliphatic heterocycles. The molecule has 0 aliphatic carbocycles. The summed E-state index contributed by atoms with van der Waals surface area (Å²) in [4.78, 5) is 7.09. The second-order valence-corrected chi connectivity index (χ2v) is 7.85. The second-order valence-electron chi connectivity index (χ2n) is 5.93. The first kappa shape index (κ1) is 16.5. The van der Waals surface area contributed by atoms with Gasteiger partial charge in [0.15, 0.2) is 0 Å². The average molecular weight is 371 g/mol. The minimum Gasteiger partial charge on any atom is -0.361 e. The van der Waals surface area contributed by atoms with Crippen LogP contribution in [0.5, 0.6) is 0 Å². The van der Waals surface area contributed by atoms with Gasteiger partial charge in [-0.15, -0.1) is 0 Å². The molecule has 0 radical (unpaired) electrons. The Morgan fingerprint density at radius 2 is 2.00 bits per heavy atom. The highest BCUT2D eigenvalue weighted by molar-refractivity contribution is 7.91. The van der Waals surface area contributed by atoms with E-state index in [0.717, 1.165) is 11.6 Å². The highest BCUT2D eigenvalue weighted by Crippen LogP contribution is 2.32. The van der Waals surface area contributed by atoms with Crippen molar-refractivity contribution < 1.29 is 17.3 Å². The van der Waals surface area contributed by atoms with Gasteiger partial charge in [0.25, 0.3) is 0 Å². The summed E-state index contributed by atoms with van der Waals surface area (Å²) in [6.07, 6.45) is 3.00. The quantitative estimate of drug-likeness (QED) is 0.592. The molecule has 132 valence electrons. The highest BCUT2D eigenvalue weighted by atomic mass is 32.2. The van der Waals surface area contributed by atoms with E-state index in [9.17, 15) is 12.8 Å². The number of rotatable bonds is 3. The minimum absolute atomic E-state index is 0.0409. The van der Waals surface area contributed by atoms with Crippen molar-refractivity contribution >= 4 is 20.9 Å². The highest BCUT2D eigenvalue weighted by Gasteiger charge is 2.23. The molecule has 0 unspecified atom stereocenters. The lowest BCUT2D eigenvalue weighted by atomic mass is 10.1. The summed E-state index contributed by atoms with van der Waals surface area (Å²) in [6, 6.07) is 6.65. The zero-order chi connectivity index (χ0) is 18.5. The van der Waals surface area contributed by atoms with Crippen LogP contribution in [0.15, 0.2) is 57.0 Å². The predicted octanol–water partition coefficient (Wildman–Crippen LogP) is 3.81. The molecular weight excluding hydrogens is 357 g/mol. The van der Waals surface area contributed by atoms with Crippen molar-refractivity contribution in [3.63, 3.8) is 0 Å². The third-order valence-electron chi connectivity index (χ3n) is 4.21. The van der Waals surface area contributed by atoms with Gasteiger partial charge < -0.3 is 9.51 Å². The molecule has 4 rings (SSSR count). The fraction of sp³-hybridized carbons (Fsp3) is 0.111. The van der Waals surface area contributed by atoms with E-state index in [-0.39, 0.29) is 9.79 Å². The number of halogens is 1. The Labute approximate surface area is 148 Å². The summed E-state index contributed by atoms with van der Waals surface area (Å²) in [5, 5.41) is 4.34. The number of aromatic amines is 1. The van der Waals surface area contributed by atoms with Crippen molar-refractivity contribution in [2.45, 2.75) is 23.6 Å². The minimum atomic E-state index is -3.90. The van der Waals surface area contributed by atoms with Gasteiger partial charge >= 0.3 is 0 Å². The molecule has 0 atom stereocenters. The molecule has 0 fully saturated rings. The van der Waals surface area contributed by atoms with Gasteiger partial charge in [0.2, 0.25) is 9.84 Å². The number of H-pyrrole nitrogens is 1. The molecule has 1 N–H and O–H groups in total. The van der Waals surface area contributed by atoms with Gasteiger partial charge in [-0.25, -0.2) is 17.8 Å². The fourth-order valence-corrected chi connectivity index (χ4v) is 4.43. The molecule has 3 heterocycles. The smallest absolute Gasteiger partial charge is 0.208 e. The first-order chi connectivity index (χ1) is 12.4. The Hall–Kier alpha value is -3.00. The molecule has 6 nitrogen and oxygen atoms in total. The summed E-state index contributed by atoms with van der Waals surface area (Å²) in [6.45, 7) is 3.58. The van der Waals surface area contributed by atoms with Gasteiger partial charge in [0.1, 0.15) is 17.2 Å². The number of benzene rings is 1. The van der Waals surface area contributed by atoms with E-state index in [2.05, 4.69) is 15.1 Å². The van der Waals surface area contributed by atoms with Crippen molar-refractivity contribution in [2.75, 3.05) is 0 Å². The average Bonchev–Trinajstić information content (AvgIpc) is 3.18. The van der Waals surface area contributed by atoms with Gasteiger partial charge in [0, 0.05) is 28.9 Å². The van der Waals surface area contributed by atoms with E-state index >= 15 is 0 Å². The van der Waals surface area contributed by atoms with Crippen LogP contribution >= 0.6 is 0 Å². The summed E-state index contributed by atoms with van der Waals surface area (Å²) in [5.74, 6) is 0.00850. The van der Waals surface area contributed by atoms with E-state index in [1.165, 1.54) is 24.4 Å². The Morgan fingerprint density at radius 3 is 2.69 bits per heavy atom. The van der Waals surface area contributed by atoms with Crippen LogP contribution in [0, 0.1) is 19.7 Å². The molecule has 8 heteroatoms. The number of sulfone groups is 1. The molecule has 4 aromatic rings. The van der Waals surface area contributed by atoms with Crippen LogP contribution in [0.1, 0.15) is 11.5 Å². The first-order valence-electron chi connectivity index (χ1n) is 7.79. The Morgan fingerprint density at radius 1 is 1.19 bits per heavy atom. The lowest BCUT2D eigenvalue weighted by Crippen LogP contribution is -2.01. The number of hydrogen-bond donors (Lipinski definition) is 1. The van der Waals surface area contributed by atoms with Crippen molar-refractivity contribution in [3.8, 4) is 11.1 Å². The molecule has 26 heavy (non-hydrogen) atoms. The zero-order valence-corrected chi connectivity index (χ0v) is 14.8. The number of nitrogens with zero attached hydrogens (tertiary/aromatic N) is 2. The first-order valence-corrected chi connectivity index (χ1v) is 9.27. The SMILES string of the molecule is Cc1noc(C)c1-c1cnc2[nH]cc(S(=O)(=O)c3cccc(F)c3)c2c1. The third kappa shape index (κ3) is 2.50. The van der Waals surface area contributed by atoms with E-state index in [1.807, 2.05) is 0 Å². The lowest BCUT2D eigenvalue weighted by Gasteiger charge is -2.05. The van der Waals surface area contributed by atoms with Crippen LogP contribution < -0.4 is 0 Å². The number of aromatic nitrogens is 3. The lowest BCUT2D eigenvalue weighted by molar-refractivity contribution is 0.393. The maximum atomic E-state index is 13.5. The van der Waals surface area contributed by atoms with Crippen LogP contribution in [0.3, 0.4) is 0 Å². The van der Waals surface area contributed by atoms with E-state index in [1.54, 1.807) is 26.1 Å². The molecule has 3 aromatic heterocycles. The number of hydrogen-bond acceptors (Lipinski definition) is 5. The van der Waals surface area contributed by atoms with E-state index < -0.39 is 15.7 Å². The molecule has 0 amide bonds. The maximum absolute atomic E-state index is 13.5. The zero-order valence-electron chi connectivity index (χ0n) is 13.9. The van der Waals surface area contributed by atoms with E-state index in [0.29, 0.717) is 28.1 Å². The predicted molar refractivity (Wildman–Crippen MR) is 92.9 cm³/mol.